The molecule has 0 saturated carbocycles. The third kappa shape index (κ3) is 0.935. The number of fused-ring (bicyclic) bond motifs is 1. The summed E-state index contributed by atoms with van der Waals surface area (Å²) in [5, 5.41) is 1.32. The standard InChI is InChI=1S/C7H5ClN2O/c8-5-3-6(11)10-7-4(5)1-2-9-7/h1-3H,(H2,9,10,11). The van der Waals surface area contributed by atoms with Crippen LogP contribution in [0.15, 0.2) is 23.1 Å². The van der Waals surface area contributed by atoms with Crippen LogP contribution in [0.2, 0.25) is 5.02 Å². The van der Waals surface area contributed by atoms with E-state index in [-0.39, 0.29) is 5.56 Å². The van der Waals surface area contributed by atoms with Crippen molar-refractivity contribution in [1.29, 1.82) is 0 Å². The molecule has 2 rings (SSSR count). The quantitative estimate of drug-likeness (QED) is 0.616. The average molecular weight is 169 g/mol. The molecule has 0 saturated heterocycles. The Morgan fingerprint density at radius 3 is 3.09 bits per heavy atom. The van der Waals surface area contributed by atoms with Crippen molar-refractivity contribution in [2.75, 3.05) is 0 Å². The topological polar surface area (TPSA) is 48.6 Å². The van der Waals surface area contributed by atoms with Gasteiger partial charge in [0.05, 0.1) is 5.02 Å². The first-order valence-corrected chi connectivity index (χ1v) is 3.51. The Morgan fingerprint density at radius 2 is 2.27 bits per heavy atom. The second-order valence-corrected chi connectivity index (χ2v) is 2.66. The molecule has 11 heavy (non-hydrogen) atoms. The molecule has 2 N–H and O–H groups in total. The third-order valence-corrected chi connectivity index (χ3v) is 1.82. The molecule has 0 bridgehead atoms. The van der Waals surface area contributed by atoms with E-state index in [4.69, 9.17) is 11.6 Å². The van der Waals surface area contributed by atoms with E-state index in [1.165, 1.54) is 6.07 Å². The lowest BCUT2D eigenvalue weighted by atomic mass is 10.3. The van der Waals surface area contributed by atoms with Gasteiger partial charge in [-0.3, -0.25) is 4.79 Å². The number of aromatic nitrogens is 2. The summed E-state index contributed by atoms with van der Waals surface area (Å²) in [4.78, 5) is 16.3. The number of nitrogens with one attached hydrogen (secondary N) is 2. The summed E-state index contributed by atoms with van der Waals surface area (Å²) in [6.45, 7) is 0. The second-order valence-electron chi connectivity index (χ2n) is 2.25. The maximum absolute atomic E-state index is 10.8. The van der Waals surface area contributed by atoms with Crippen molar-refractivity contribution in [1.82, 2.24) is 9.97 Å². The highest BCUT2D eigenvalue weighted by atomic mass is 35.5. The fourth-order valence-corrected chi connectivity index (χ4v) is 1.28. The Morgan fingerprint density at radius 1 is 1.45 bits per heavy atom. The van der Waals surface area contributed by atoms with Crippen molar-refractivity contribution in [2.45, 2.75) is 0 Å². The van der Waals surface area contributed by atoms with Gasteiger partial charge in [-0.05, 0) is 6.07 Å². The van der Waals surface area contributed by atoms with Gasteiger partial charge in [-0.1, -0.05) is 11.6 Å². The van der Waals surface area contributed by atoms with E-state index in [1.54, 1.807) is 6.20 Å². The molecule has 0 fully saturated rings. The molecule has 0 amide bonds. The van der Waals surface area contributed by atoms with Crippen LogP contribution in [0.1, 0.15) is 0 Å². The Bertz CT molecular complexity index is 443. The van der Waals surface area contributed by atoms with E-state index in [0.717, 1.165) is 5.39 Å². The van der Waals surface area contributed by atoms with Gasteiger partial charge >= 0.3 is 0 Å². The number of H-pyrrole nitrogens is 2. The molecule has 0 unspecified atom stereocenters. The largest absolute Gasteiger partial charge is 0.348 e. The van der Waals surface area contributed by atoms with E-state index in [0.29, 0.717) is 10.7 Å². The minimum atomic E-state index is -0.190. The second kappa shape index (κ2) is 2.13. The predicted molar refractivity (Wildman–Crippen MR) is 43.9 cm³/mol. The van der Waals surface area contributed by atoms with Crippen molar-refractivity contribution in [3.63, 3.8) is 0 Å². The molecule has 2 aromatic rings. The monoisotopic (exact) mass is 168 g/mol. The van der Waals surface area contributed by atoms with Gasteiger partial charge in [0.25, 0.3) is 5.56 Å². The zero-order valence-corrected chi connectivity index (χ0v) is 6.27. The van der Waals surface area contributed by atoms with Crippen molar-refractivity contribution >= 4 is 22.6 Å². The number of aromatic amines is 2. The Balaban J connectivity index is 3.02. The summed E-state index contributed by atoms with van der Waals surface area (Å²) in [5.74, 6) is 0. The fraction of sp³-hybridized carbons (Fsp3) is 0. The first-order valence-electron chi connectivity index (χ1n) is 3.13. The Labute approximate surface area is 67.0 Å². The molecule has 2 aromatic heterocycles. The minimum absolute atomic E-state index is 0.190. The lowest BCUT2D eigenvalue weighted by molar-refractivity contribution is 1.26. The molecule has 3 nitrogen and oxygen atoms in total. The summed E-state index contributed by atoms with van der Waals surface area (Å²) < 4.78 is 0. The Hall–Kier alpha value is -1.22. The minimum Gasteiger partial charge on any atom is -0.348 e. The molecule has 0 aliphatic heterocycles. The molecule has 0 aliphatic rings. The molecule has 0 radical (unpaired) electrons. The van der Waals surface area contributed by atoms with Crippen LogP contribution in [0.3, 0.4) is 0 Å². The van der Waals surface area contributed by atoms with Crippen LogP contribution in [-0.2, 0) is 0 Å². The van der Waals surface area contributed by atoms with E-state index >= 15 is 0 Å². The SMILES string of the molecule is O=c1cc(Cl)c2cc[nH]c2[nH]1. The summed E-state index contributed by atoms with van der Waals surface area (Å²) in [6.07, 6.45) is 1.73. The first-order chi connectivity index (χ1) is 5.27. The Kier molecular flexibility index (Phi) is 1.26. The van der Waals surface area contributed by atoms with Gasteiger partial charge in [-0.15, -0.1) is 0 Å². The molecule has 56 valence electrons. The fourth-order valence-electron chi connectivity index (χ4n) is 1.02. The molecular formula is C7H5ClN2O. The number of rotatable bonds is 0. The highest BCUT2D eigenvalue weighted by Gasteiger charge is 1.99. The van der Waals surface area contributed by atoms with Crippen LogP contribution < -0.4 is 5.56 Å². The smallest absolute Gasteiger partial charge is 0.251 e. The van der Waals surface area contributed by atoms with Gasteiger partial charge in [-0.25, -0.2) is 0 Å². The zero-order chi connectivity index (χ0) is 7.84. The predicted octanol–water partition coefficient (Wildman–Crippen LogP) is 1.51. The molecule has 0 aliphatic carbocycles. The number of hydrogen-bond donors (Lipinski definition) is 2. The number of hydrogen-bond acceptors (Lipinski definition) is 1. The van der Waals surface area contributed by atoms with Crippen LogP contribution in [-0.4, -0.2) is 9.97 Å². The third-order valence-electron chi connectivity index (χ3n) is 1.51. The molecule has 0 atom stereocenters. The first kappa shape index (κ1) is 6.49. The zero-order valence-electron chi connectivity index (χ0n) is 5.52. The summed E-state index contributed by atoms with van der Waals surface area (Å²) >= 11 is 5.76. The van der Waals surface area contributed by atoms with Gasteiger partial charge in [-0.2, -0.15) is 0 Å². The molecule has 0 aromatic carbocycles. The van der Waals surface area contributed by atoms with Crippen LogP contribution in [0.25, 0.3) is 11.0 Å². The van der Waals surface area contributed by atoms with E-state index in [1.807, 2.05) is 6.07 Å². The average Bonchev–Trinajstić information content (AvgIpc) is 2.34. The summed E-state index contributed by atoms with van der Waals surface area (Å²) in [5.41, 5.74) is 0.479. The molecular weight excluding hydrogens is 164 g/mol. The van der Waals surface area contributed by atoms with Gasteiger partial charge < -0.3 is 9.97 Å². The van der Waals surface area contributed by atoms with E-state index in [9.17, 15) is 4.79 Å². The van der Waals surface area contributed by atoms with Crippen molar-refractivity contribution in [3.05, 3.63) is 33.7 Å². The van der Waals surface area contributed by atoms with E-state index in [2.05, 4.69) is 9.97 Å². The highest BCUT2D eigenvalue weighted by molar-refractivity contribution is 6.35. The lowest BCUT2D eigenvalue weighted by Crippen LogP contribution is -2.02. The van der Waals surface area contributed by atoms with Crippen molar-refractivity contribution in [3.8, 4) is 0 Å². The molecule has 4 heteroatoms. The number of halogens is 1. The van der Waals surface area contributed by atoms with Gasteiger partial charge in [0, 0.05) is 17.6 Å². The summed E-state index contributed by atoms with van der Waals surface area (Å²) in [7, 11) is 0. The van der Waals surface area contributed by atoms with Crippen LogP contribution in [0, 0.1) is 0 Å². The summed E-state index contributed by atoms with van der Waals surface area (Å²) in [6, 6.07) is 3.17. The van der Waals surface area contributed by atoms with E-state index < -0.39 is 0 Å². The normalized spacial score (nSPS) is 10.6. The lowest BCUT2D eigenvalue weighted by Gasteiger charge is -1.90. The van der Waals surface area contributed by atoms with Crippen LogP contribution in [0.4, 0.5) is 0 Å². The van der Waals surface area contributed by atoms with Crippen molar-refractivity contribution < 1.29 is 0 Å². The van der Waals surface area contributed by atoms with Crippen molar-refractivity contribution in [2.24, 2.45) is 0 Å². The van der Waals surface area contributed by atoms with Crippen LogP contribution >= 0.6 is 11.6 Å². The maximum Gasteiger partial charge on any atom is 0.251 e. The maximum atomic E-state index is 10.8. The highest BCUT2D eigenvalue weighted by Crippen LogP contribution is 2.17. The molecule has 2 heterocycles. The van der Waals surface area contributed by atoms with Gasteiger partial charge in [0.15, 0.2) is 0 Å². The van der Waals surface area contributed by atoms with Gasteiger partial charge in [0.1, 0.15) is 5.65 Å². The molecule has 0 spiro atoms. The number of pyridine rings is 1. The van der Waals surface area contributed by atoms with Crippen LogP contribution in [0.5, 0.6) is 0 Å². The van der Waals surface area contributed by atoms with Gasteiger partial charge in [0.2, 0.25) is 0 Å².